The second-order valence-electron chi connectivity index (χ2n) is 7.94. The molecule has 4 nitrogen and oxygen atoms in total. The van der Waals surface area contributed by atoms with Crippen LogP contribution in [0.15, 0.2) is 77.8 Å². The average Bonchev–Trinajstić information content (AvgIpc) is 3.32. The van der Waals surface area contributed by atoms with E-state index in [4.69, 9.17) is 11.6 Å². The van der Waals surface area contributed by atoms with Crippen LogP contribution in [0.25, 0.3) is 17.0 Å². The smallest absolute Gasteiger partial charge is 0.260 e. The molecule has 5 rings (SSSR count). The summed E-state index contributed by atoms with van der Waals surface area (Å²) in [5.74, 6) is -0.359. The number of aryl methyl sites for hydroxylation is 1. The molecular formula is C26H21ClFN3OS. The number of nitrogens with zero attached hydrogens (tertiary/aromatic N) is 1. The maximum absolute atomic E-state index is 13.3. The third kappa shape index (κ3) is 4.63. The Kier molecular flexibility index (Phi) is 5.87. The molecule has 1 aliphatic rings. The number of carbonyl (C=O) groups is 1. The zero-order valence-corrected chi connectivity index (χ0v) is 19.4. The Morgan fingerprint density at radius 1 is 1.15 bits per heavy atom. The number of benzene rings is 3. The molecule has 0 aliphatic carbocycles. The van der Waals surface area contributed by atoms with Gasteiger partial charge in [-0.25, -0.2) is 4.39 Å². The Morgan fingerprint density at radius 2 is 1.94 bits per heavy atom. The summed E-state index contributed by atoms with van der Waals surface area (Å²) in [4.78, 5) is 13.3. The van der Waals surface area contributed by atoms with Crippen LogP contribution in [-0.2, 0) is 11.3 Å². The third-order valence-corrected chi connectivity index (χ3v) is 6.84. The second-order valence-corrected chi connectivity index (χ2v) is 9.52. The highest BCUT2D eigenvalue weighted by molar-refractivity contribution is 8.05. The van der Waals surface area contributed by atoms with Crippen molar-refractivity contribution in [3.05, 3.63) is 105 Å². The van der Waals surface area contributed by atoms with Gasteiger partial charge < -0.3 is 15.2 Å². The number of hydrogen-bond donors (Lipinski definition) is 2. The lowest BCUT2D eigenvalue weighted by molar-refractivity contribution is -0.116. The lowest BCUT2D eigenvalue weighted by Gasteiger charge is -2.14. The molecule has 7 heteroatoms. The number of rotatable bonds is 5. The number of para-hydroxylation sites is 1. The Balaban J connectivity index is 1.41. The van der Waals surface area contributed by atoms with Crippen LogP contribution in [0, 0.1) is 12.7 Å². The zero-order valence-electron chi connectivity index (χ0n) is 17.8. The van der Waals surface area contributed by atoms with Crippen LogP contribution in [0.3, 0.4) is 0 Å². The number of fused-ring (bicyclic) bond motifs is 1. The Hall–Kier alpha value is -3.22. The molecule has 2 N–H and O–H groups in total. The fraction of sp³-hybridized carbons (Fsp3) is 0.115. The first-order chi connectivity index (χ1) is 16.0. The zero-order chi connectivity index (χ0) is 22.9. The fourth-order valence-electron chi connectivity index (χ4n) is 3.94. The van der Waals surface area contributed by atoms with Gasteiger partial charge in [0.05, 0.1) is 4.91 Å². The summed E-state index contributed by atoms with van der Waals surface area (Å²) in [5, 5.41) is 8.08. The molecule has 1 fully saturated rings. The molecule has 2 heterocycles. The lowest BCUT2D eigenvalue weighted by atomic mass is 10.1. The SMILES string of the molecule is Cc1cc(Cl)ccc1NC1NC(=O)/C(=C/c2cn(Cc3ccc(F)cc3)c3ccccc23)S1. The first-order valence-corrected chi connectivity index (χ1v) is 11.8. The minimum Gasteiger partial charge on any atom is -0.356 e. The molecule has 1 amide bonds. The molecule has 0 spiro atoms. The number of hydrogen-bond acceptors (Lipinski definition) is 3. The Bertz CT molecular complexity index is 1380. The van der Waals surface area contributed by atoms with Gasteiger partial charge in [-0.15, -0.1) is 0 Å². The number of aromatic nitrogens is 1. The van der Waals surface area contributed by atoms with Gasteiger partial charge in [-0.05, 0) is 60.5 Å². The van der Waals surface area contributed by atoms with Crippen molar-refractivity contribution in [2.75, 3.05) is 5.32 Å². The monoisotopic (exact) mass is 477 g/mol. The van der Waals surface area contributed by atoms with Crippen molar-refractivity contribution in [2.24, 2.45) is 0 Å². The van der Waals surface area contributed by atoms with Crippen LogP contribution in [0.4, 0.5) is 10.1 Å². The summed E-state index contributed by atoms with van der Waals surface area (Å²) in [5.41, 5.74) is 4.70. The van der Waals surface area contributed by atoms with Crippen LogP contribution in [0.5, 0.6) is 0 Å². The van der Waals surface area contributed by atoms with Crippen molar-refractivity contribution in [3.63, 3.8) is 0 Å². The topological polar surface area (TPSA) is 46.1 Å². The summed E-state index contributed by atoms with van der Waals surface area (Å²) in [6.07, 6.45) is 3.97. The van der Waals surface area contributed by atoms with E-state index >= 15 is 0 Å². The molecule has 3 aromatic carbocycles. The minimum atomic E-state index is -0.267. The Labute approximate surface area is 200 Å². The molecule has 1 saturated heterocycles. The van der Waals surface area contributed by atoms with E-state index in [0.29, 0.717) is 16.5 Å². The van der Waals surface area contributed by atoms with E-state index in [-0.39, 0.29) is 17.2 Å². The molecule has 1 unspecified atom stereocenters. The maximum Gasteiger partial charge on any atom is 0.260 e. The van der Waals surface area contributed by atoms with Gasteiger partial charge in [0.25, 0.3) is 5.91 Å². The van der Waals surface area contributed by atoms with E-state index < -0.39 is 0 Å². The molecule has 1 atom stereocenters. The molecule has 4 aromatic rings. The number of thioether (sulfide) groups is 1. The van der Waals surface area contributed by atoms with Gasteiger partial charge in [0, 0.05) is 39.9 Å². The van der Waals surface area contributed by atoms with Crippen molar-refractivity contribution in [1.82, 2.24) is 9.88 Å². The number of halogens is 2. The van der Waals surface area contributed by atoms with E-state index in [1.54, 1.807) is 12.1 Å². The van der Waals surface area contributed by atoms with Crippen LogP contribution in [-0.4, -0.2) is 16.0 Å². The summed E-state index contributed by atoms with van der Waals surface area (Å²) in [7, 11) is 0. The van der Waals surface area contributed by atoms with Crippen LogP contribution in [0.1, 0.15) is 16.7 Å². The predicted molar refractivity (Wildman–Crippen MR) is 135 cm³/mol. The standard InChI is InChI=1S/C26H21ClFN3OS/c1-16-12-19(27)8-11-22(16)29-26-30-25(32)24(33-26)13-18-15-31(23-5-3-2-4-21(18)23)14-17-6-9-20(28)10-7-17/h2-13,15,26,29H,14H2,1H3,(H,30,32)/b24-13-. The van der Waals surface area contributed by atoms with Gasteiger partial charge in [-0.1, -0.05) is 53.7 Å². The van der Waals surface area contributed by atoms with Crippen LogP contribution >= 0.6 is 23.4 Å². The molecule has 1 aromatic heterocycles. The summed E-state index contributed by atoms with van der Waals surface area (Å²) in [6, 6.07) is 20.2. The maximum atomic E-state index is 13.3. The molecule has 0 bridgehead atoms. The van der Waals surface area contributed by atoms with Crippen molar-refractivity contribution in [3.8, 4) is 0 Å². The lowest BCUT2D eigenvalue weighted by Crippen LogP contribution is -2.31. The fourth-order valence-corrected chi connectivity index (χ4v) is 5.14. The number of nitrogens with one attached hydrogen (secondary N) is 2. The van der Waals surface area contributed by atoms with Crippen molar-refractivity contribution in [2.45, 2.75) is 19.0 Å². The van der Waals surface area contributed by atoms with Gasteiger partial charge in [0.2, 0.25) is 0 Å². The number of amides is 1. The normalized spacial score (nSPS) is 17.0. The molecule has 1 aliphatic heterocycles. The van der Waals surface area contributed by atoms with Gasteiger partial charge in [-0.2, -0.15) is 0 Å². The number of carbonyl (C=O) groups excluding carboxylic acids is 1. The van der Waals surface area contributed by atoms with Crippen LogP contribution < -0.4 is 10.6 Å². The van der Waals surface area contributed by atoms with E-state index in [1.807, 2.05) is 55.6 Å². The highest BCUT2D eigenvalue weighted by Gasteiger charge is 2.27. The molecule has 0 radical (unpaired) electrons. The van der Waals surface area contributed by atoms with E-state index in [2.05, 4.69) is 21.3 Å². The quantitative estimate of drug-likeness (QED) is 0.327. The highest BCUT2D eigenvalue weighted by Crippen LogP contribution is 2.33. The van der Waals surface area contributed by atoms with Gasteiger partial charge in [0.15, 0.2) is 5.50 Å². The highest BCUT2D eigenvalue weighted by atomic mass is 35.5. The minimum absolute atomic E-state index is 0.112. The first-order valence-electron chi connectivity index (χ1n) is 10.5. The van der Waals surface area contributed by atoms with Crippen molar-refractivity contribution in [1.29, 1.82) is 0 Å². The predicted octanol–water partition coefficient (Wildman–Crippen LogP) is 6.39. The molecule has 0 saturated carbocycles. The Morgan fingerprint density at radius 3 is 2.73 bits per heavy atom. The van der Waals surface area contributed by atoms with Crippen LogP contribution in [0.2, 0.25) is 5.02 Å². The molecule has 33 heavy (non-hydrogen) atoms. The second kappa shape index (κ2) is 8.96. The number of anilines is 1. The largest absolute Gasteiger partial charge is 0.356 e. The molecular weight excluding hydrogens is 457 g/mol. The average molecular weight is 478 g/mol. The van der Waals surface area contributed by atoms with E-state index in [1.165, 1.54) is 23.9 Å². The van der Waals surface area contributed by atoms with Gasteiger partial charge in [-0.3, -0.25) is 4.79 Å². The van der Waals surface area contributed by atoms with E-state index in [0.717, 1.165) is 33.3 Å². The van der Waals surface area contributed by atoms with Crippen molar-refractivity contribution < 1.29 is 9.18 Å². The summed E-state index contributed by atoms with van der Waals surface area (Å²) < 4.78 is 15.4. The third-order valence-electron chi connectivity index (χ3n) is 5.58. The van der Waals surface area contributed by atoms with Crippen molar-refractivity contribution >= 4 is 51.9 Å². The molecule has 166 valence electrons. The van der Waals surface area contributed by atoms with Gasteiger partial charge >= 0.3 is 0 Å². The summed E-state index contributed by atoms with van der Waals surface area (Å²) in [6.45, 7) is 2.59. The van der Waals surface area contributed by atoms with Gasteiger partial charge in [0.1, 0.15) is 5.82 Å². The van der Waals surface area contributed by atoms with E-state index in [9.17, 15) is 9.18 Å². The first kappa shape index (κ1) is 21.6. The summed E-state index contributed by atoms with van der Waals surface area (Å²) >= 11 is 7.50.